The van der Waals surface area contributed by atoms with Crippen LogP contribution >= 0.6 is 0 Å². The highest BCUT2D eigenvalue weighted by atomic mass is 16.2. The summed E-state index contributed by atoms with van der Waals surface area (Å²) in [5, 5.41) is 2.57. The van der Waals surface area contributed by atoms with Crippen LogP contribution in [0.25, 0.3) is 0 Å². The van der Waals surface area contributed by atoms with Gasteiger partial charge in [-0.25, -0.2) is 4.79 Å². The lowest BCUT2D eigenvalue weighted by Gasteiger charge is -2.05. The monoisotopic (exact) mass is 171 g/mol. The Bertz CT molecular complexity index is 205. The van der Waals surface area contributed by atoms with E-state index in [1.54, 1.807) is 0 Å². The number of nitrogens with zero attached hydrogens (tertiary/aromatic N) is 1. The Labute approximate surface area is 70.9 Å². The van der Waals surface area contributed by atoms with Crippen molar-refractivity contribution >= 4 is 11.9 Å². The minimum atomic E-state index is -0.356. The van der Waals surface area contributed by atoms with Crippen LogP contribution in [0.2, 0.25) is 0 Å². The van der Waals surface area contributed by atoms with Crippen molar-refractivity contribution in [1.82, 2.24) is 10.2 Å². The van der Waals surface area contributed by atoms with Crippen molar-refractivity contribution in [2.75, 3.05) is 13.6 Å². The van der Waals surface area contributed by atoms with Crippen LogP contribution in [-0.4, -0.2) is 36.5 Å². The molecule has 1 atom stereocenters. The number of amides is 3. The Hall–Kier alpha value is -1.10. The molecule has 0 spiro atoms. The van der Waals surface area contributed by atoms with Crippen molar-refractivity contribution in [2.24, 2.45) is 5.73 Å². The summed E-state index contributed by atoms with van der Waals surface area (Å²) in [5.41, 5.74) is 5.28. The molecule has 3 amide bonds. The van der Waals surface area contributed by atoms with E-state index in [1.807, 2.05) is 0 Å². The molecule has 1 aliphatic heterocycles. The van der Waals surface area contributed by atoms with Gasteiger partial charge in [-0.1, -0.05) is 0 Å². The van der Waals surface area contributed by atoms with Crippen LogP contribution in [0.5, 0.6) is 0 Å². The lowest BCUT2D eigenvalue weighted by atomic mass is 10.1. The number of imide groups is 1. The molecule has 0 aromatic rings. The molecule has 0 radical (unpaired) electrons. The van der Waals surface area contributed by atoms with Gasteiger partial charge in [-0.2, -0.15) is 0 Å². The van der Waals surface area contributed by atoms with Gasteiger partial charge in [-0.3, -0.25) is 9.69 Å². The SMILES string of the molecule is CN1C(=O)NC(CCCN)C1=O. The number of nitrogens with one attached hydrogen (secondary N) is 1. The van der Waals surface area contributed by atoms with E-state index in [2.05, 4.69) is 5.32 Å². The van der Waals surface area contributed by atoms with Gasteiger partial charge in [0.1, 0.15) is 6.04 Å². The third-order valence-corrected chi connectivity index (χ3v) is 1.93. The van der Waals surface area contributed by atoms with Crippen LogP contribution in [0.1, 0.15) is 12.8 Å². The Balaban J connectivity index is 2.47. The molecule has 0 aromatic heterocycles. The molecular weight excluding hydrogens is 158 g/mol. The number of hydrogen-bond acceptors (Lipinski definition) is 3. The van der Waals surface area contributed by atoms with Crippen LogP contribution in [0.15, 0.2) is 0 Å². The Morgan fingerprint density at radius 3 is 2.67 bits per heavy atom. The number of urea groups is 1. The van der Waals surface area contributed by atoms with Gasteiger partial charge in [0, 0.05) is 7.05 Å². The van der Waals surface area contributed by atoms with E-state index in [4.69, 9.17) is 5.73 Å². The van der Waals surface area contributed by atoms with Crippen molar-refractivity contribution in [3.63, 3.8) is 0 Å². The summed E-state index contributed by atoms with van der Waals surface area (Å²) >= 11 is 0. The van der Waals surface area contributed by atoms with Crippen molar-refractivity contribution in [2.45, 2.75) is 18.9 Å². The highest BCUT2D eigenvalue weighted by Crippen LogP contribution is 2.07. The second-order valence-corrected chi connectivity index (χ2v) is 2.83. The van der Waals surface area contributed by atoms with E-state index in [-0.39, 0.29) is 18.0 Å². The fraction of sp³-hybridized carbons (Fsp3) is 0.714. The third-order valence-electron chi connectivity index (χ3n) is 1.93. The normalized spacial score (nSPS) is 23.2. The minimum Gasteiger partial charge on any atom is -0.330 e. The van der Waals surface area contributed by atoms with Crippen molar-refractivity contribution in [3.8, 4) is 0 Å². The number of nitrogens with two attached hydrogens (primary N) is 1. The predicted molar refractivity (Wildman–Crippen MR) is 43.4 cm³/mol. The lowest BCUT2D eigenvalue weighted by molar-refractivity contribution is -0.126. The van der Waals surface area contributed by atoms with E-state index in [9.17, 15) is 9.59 Å². The van der Waals surface area contributed by atoms with E-state index in [0.717, 1.165) is 11.3 Å². The first-order valence-electron chi connectivity index (χ1n) is 3.95. The van der Waals surface area contributed by atoms with Crippen LogP contribution < -0.4 is 11.1 Å². The van der Waals surface area contributed by atoms with Gasteiger partial charge in [0.15, 0.2) is 0 Å². The molecule has 1 rings (SSSR count). The quantitative estimate of drug-likeness (QED) is 0.550. The molecule has 1 aliphatic rings. The smallest absolute Gasteiger partial charge is 0.324 e. The Morgan fingerprint density at radius 1 is 1.58 bits per heavy atom. The molecule has 0 saturated carbocycles. The number of carbonyl (C=O) groups excluding carboxylic acids is 2. The molecule has 0 bridgehead atoms. The van der Waals surface area contributed by atoms with Crippen LogP contribution in [0.3, 0.4) is 0 Å². The fourth-order valence-corrected chi connectivity index (χ4v) is 1.16. The summed E-state index contributed by atoms with van der Waals surface area (Å²) < 4.78 is 0. The highest BCUT2D eigenvalue weighted by Gasteiger charge is 2.34. The maximum absolute atomic E-state index is 11.2. The molecule has 12 heavy (non-hydrogen) atoms. The van der Waals surface area contributed by atoms with E-state index < -0.39 is 0 Å². The Kier molecular flexibility index (Phi) is 2.65. The molecule has 1 heterocycles. The molecule has 5 heteroatoms. The molecule has 3 N–H and O–H groups in total. The van der Waals surface area contributed by atoms with Crippen molar-refractivity contribution in [1.29, 1.82) is 0 Å². The van der Waals surface area contributed by atoms with Gasteiger partial charge in [0.05, 0.1) is 0 Å². The highest BCUT2D eigenvalue weighted by molar-refractivity contribution is 6.03. The fourth-order valence-electron chi connectivity index (χ4n) is 1.16. The Morgan fingerprint density at radius 2 is 2.25 bits per heavy atom. The number of rotatable bonds is 3. The number of hydrogen-bond donors (Lipinski definition) is 2. The standard InChI is InChI=1S/C7H13N3O2/c1-10-6(11)5(3-2-4-8)9-7(10)12/h5H,2-4,8H2,1H3,(H,9,12). The number of likely N-dealkylation sites (N-methyl/N-ethyl adjacent to an activating group) is 1. The van der Waals surface area contributed by atoms with E-state index >= 15 is 0 Å². The summed E-state index contributed by atoms with van der Waals surface area (Å²) in [7, 11) is 1.47. The summed E-state index contributed by atoms with van der Waals surface area (Å²) in [5.74, 6) is -0.159. The summed E-state index contributed by atoms with van der Waals surface area (Å²) in [6.07, 6.45) is 1.38. The van der Waals surface area contributed by atoms with Crippen molar-refractivity contribution in [3.05, 3.63) is 0 Å². The molecule has 0 aliphatic carbocycles. The molecule has 68 valence electrons. The number of carbonyl (C=O) groups is 2. The van der Waals surface area contributed by atoms with E-state index in [1.165, 1.54) is 7.05 Å². The maximum atomic E-state index is 11.2. The van der Waals surface area contributed by atoms with Crippen LogP contribution in [-0.2, 0) is 4.79 Å². The first-order chi connectivity index (χ1) is 5.66. The predicted octanol–water partition coefficient (Wildman–Crippen LogP) is -0.724. The topological polar surface area (TPSA) is 75.4 Å². The van der Waals surface area contributed by atoms with Crippen LogP contribution in [0.4, 0.5) is 4.79 Å². The summed E-state index contributed by atoms with van der Waals surface area (Å²) in [6, 6.07) is -0.673. The first kappa shape index (κ1) is 8.99. The zero-order valence-corrected chi connectivity index (χ0v) is 7.04. The first-order valence-corrected chi connectivity index (χ1v) is 3.95. The third kappa shape index (κ3) is 1.55. The molecule has 0 aromatic carbocycles. The second-order valence-electron chi connectivity index (χ2n) is 2.83. The minimum absolute atomic E-state index is 0.159. The van der Waals surface area contributed by atoms with Gasteiger partial charge < -0.3 is 11.1 Å². The van der Waals surface area contributed by atoms with Gasteiger partial charge in [-0.05, 0) is 19.4 Å². The zero-order chi connectivity index (χ0) is 9.14. The average Bonchev–Trinajstić information content (AvgIpc) is 2.30. The molecule has 5 nitrogen and oxygen atoms in total. The lowest BCUT2D eigenvalue weighted by Crippen LogP contribution is -2.29. The molecular formula is C7H13N3O2. The summed E-state index contributed by atoms with van der Waals surface area (Å²) in [6.45, 7) is 0.545. The molecule has 1 saturated heterocycles. The van der Waals surface area contributed by atoms with Gasteiger partial charge >= 0.3 is 6.03 Å². The van der Waals surface area contributed by atoms with Crippen LogP contribution in [0, 0.1) is 0 Å². The molecule has 1 unspecified atom stereocenters. The maximum Gasteiger partial charge on any atom is 0.324 e. The average molecular weight is 171 g/mol. The van der Waals surface area contributed by atoms with Gasteiger partial charge in [0.25, 0.3) is 5.91 Å². The second kappa shape index (κ2) is 3.53. The summed E-state index contributed by atoms with van der Waals surface area (Å²) in [4.78, 5) is 23.2. The largest absolute Gasteiger partial charge is 0.330 e. The van der Waals surface area contributed by atoms with Crippen molar-refractivity contribution < 1.29 is 9.59 Å². The van der Waals surface area contributed by atoms with E-state index in [0.29, 0.717) is 13.0 Å². The zero-order valence-electron chi connectivity index (χ0n) is 7.04. The van der Waals surface area contributed by atoms with Gasteiger partial charge in [0.2, 0.25) is 0 Å². The van der Waals surface area contributed by atoms with Gasteiger partial charge in [-0.15, -0.1) is 0 Å². The molecule has 1 fully saturated rings.